The average Bonchev–Trinajstić information content (AvgIpc) is 3.17. The number of carbonyl (C=O) groups is 4. The van der Waals surface area contributed by atoms with Gasteiger partial charge in [0, 0.05) is 63.9 Å². The third-order valence-electron chi connectivity index (χ3n) is 9.05. The molecule has 1 aliphatic rings. The fraction of sp³-hybridized carbons (Fsp3) is 0.737. The van der Waals surface area contributed by atoms with Crippen molar-refractivity contribution in [3.8, 4) is 5.75 Å². The van der Waals surface area contributed by atoms with E-state index in [9.17, 15) is 52.1 Å². The van der Waals surface area contributed by atoms with Crippen molar-refractivity contribution < 1.29 is 71.0 Å². The molecule has 3 amide bonds. The largest absolute Gasteiger partial charge is 0.420 e. The fourth-order valence-corrected chi connectivity index (χ4v) is 5.71. The summed E-state index contributed by atoms with van der Waals surface area (Å²) < 4.78 is 75.6. The van der Waals surface area contributed by atoms with Gasteiger partial charge in [0.2, 0.25) is 29.3 Å². The molecule has 0 unspecified atom stereocenters. The normalized spacial score (nSPS) is 18.1. The Labute approximate surface area is 325 Å². The highest BCUT2D eigenvalue weighted by Gasteiger charge is 2.36. The maximum absolute atomic E-state index is 14.0. The maximum Gasteiger partial charge on any atom is 0.311 e. The van der Waals surface area contributed by atoms with Crippen LogP contribution in [0.1, 0.15) is 108 Å². The van der Waals surface area contributed by atoms with Crippen LogP contribution in [0.25, 0.3) is 0 Å². The number of nitrogens with one attached hydrogen (secondary N) is 3. The second-order valence-electron chi connectivity index (χ2n) is 13.7. The summed E-state index contributed by atoms with van der Waals surface area (Å²) in [5.41, 5.74) is -0.767. The molecule has 1 aliphatic heterocycles. The van der Waals surface area contributed by atoms with Crippen LogP contribution in [-0.2, 0) is 33.4 Å². The lowest BCUT2D eigenvalue weighted by Gasteiger charge is -2.36. The SMILES string of the molecule is Cc1c(F)c(F)c(F)c(OC(=O)CCCCCCCCCCC(=O)NCCOCCC(=O)NCCCNC(=O)CCCCO[C@H]2C[C@@H](O)[C@@H](O)[C@@H](CO)O2)c1F. The molecule has 2 rings (SSSR count). The second-order valence-corrected chi connectivity index (χ2v) is 13.7. The molecule has 0 radical (unpaired) electrons. The number of carbonyl (C=O) groups excluding carboxylic acids is 4. The van der Waals surface area contributed by atoms with Crippen LogP contribution in [0.15, 0.2) is 0 Å². The molecule has 14 nitrogen and oxygen atoms in total. The lowest BCUT2D eigenvalue weighted by atomic mass is 10.0. The minimum absolute atomic E-state index is 0.0799. The van der Waals surface area contributed by atoms with E-state index < -0.39 is 71.8 Å². The number of unbranched alkanes of at least 4 members (excludes halogenated alkanes) is 8. The van der Waals surface area contributed by atoms with Crippen molar-refractivity contribution in [3.05, 3.63) is 28.8 Å². The monoisotopic (exact) mass is 809 g/mol. The molecule has 56 heavy (non-hydrogen) atoms. The Morgan fingerprint density at radius 3 is 1.84 bits per heavy atom. The first-order valence-electron chi connectivity index (χ1n) is 19.5. The van der Waals surface area contributed by atoms with Gasteiger partial charge in [0.25, 0.3) is 0 Å². The Morgan fingerprint density at radius 1 is 0.661 bits per heavy atom. The van der Waals surface area contributed by atoms with Crippen LogP contribution < -0.4 is 20.7 Å². The molecule has 1 heterocycles. The Bertz CT molecular complexity index is 1330. The molecule has 6 N–H and O–H groups in total. The summed E-state index contributed by atoms with van der Waals surface area (Å²) in [6.45, 7) is 2.43. The van der Waals surface area contributed by atoms with Crippen molar-refractivity contribution in [2.24, 2.45) is 0 Å². The van der Waals surface area contributed by atoms with Gasteiger partial charge < -0.3 is 50.2 Å². The molecule has 18 heteroatoms. The van der Waals surface area contributed by atoms with Crippen molar-refractivity contribution >= 4 is 23.7 Å². The lowest BCUT2D eigenvalue weighted by molar-refractivity contribution is -0.256. The van der Waals surface area contributed by atoms with Crippen LogP contribution in [0.5, 0.6) is 5.75 Å². The molecule has 0 bridgehead atoms. The van der Waals surface area contributed by atoms with Gasteiger partial charge in [-0.2, -0.15) is 4.39 Å². The van der Waals surface area contributed by atoms with Crippen LogP contribution in [0, 0.1) is 30.2 Å². The molecule has 1 aromatic carbocycles. The van der Waals surface area contributed by atoms with Crippen LogP contribution in [0.4, 0.5) is 17.6 Å². The van der Waals surface area contributed by atoms with Gasteiger partial charge in [-0.15, -0.1) is 0 Å². The first-order chi connectivity index (χ1) is 26.8. The summed E-state index contributed by atoms with van der Waals surface area (Å²) in [6, 6.07) is 0. The van der Waals surface area contributed by atoms with Crippen molar-refractivity contribution in [1.82, 2.24) is 16.0 Å². The van der Waals surface area contributed by atoms with Crippen molar-refractivity contribution in [2.45, 2.75) is 134 Å². The first-order valence-corrected chi connectivity index (χ1v) is 19.5. The van der Waals surface area contributed by atoms with E-state index in [4.69, 9.17) is 14.2 Å². The van der Waals surface area contributed by atoms with Crippen LogP contribution in [0.3, 0.4) is 0 Å². The zero-order chi connectivity index (χ0) is 41.3. The number of hydrogen-bond acceptors (Lipinski definition) is 11. The molecule has 0 spiro atoms. The Balaban J connectivity index is 1.32. The molecular formula is C38H59F4N3O11. The lowest BCUT2D eigenvalue weighted by Crippen LogP contribution is -2.50. The van der Waals surface area contributed by atoms with Gasteiger partial charge in [-0.25, -0.2) is 13.2 Å². The third kappa shape index (κ3) is 19.1. The number of benzene rings is 1. The summed E-state index contributed by atoms with van der Waals surface area (Å²) in [6.07, 6.45) is 5.10. The average molecular weight is 810 g/mol. The topological polar surface area (TPSA) is 202 Å². The van der Waals surface area contributed by atoms with E-state index in [1.807, 2.05) is 0 Å². The molecule has 0 aliphatic carbocycles. The van der Waals surface area contributed by atoms with Gasteiger partial charge in [-0.3, -0.25) is 19.2 Å². The molecular weight excluding hydrogens is 750 g/mol. The molecule has 1 saturated heterocycles. The molecule has 4 atom stereocenters. The summed E-state index contributed by atoms with van der Waals surface area (Å²) >= 11 is 0. The molecule has 0 aromatic heterocycles. The summed E-state index contributed by atoms with van der Waals surface area (Å²) in [5, 5.41) is 37.1. The van der Waals surface area contributed by atoms with E-state index in [-0.39, 0.29) is 50.2 Å². The molecule has 320 valence electrons. The van der Waals surface area contributed by atoms with E-state index >= 15 is 0 Å². The van der Waals surface area contributed by atoms with Crippen LogP contribution >= 0.6 is 0 Å². The van der Waals surface area contributed by atoms with Gasteiger partial charge in [-0.1, -0.05) is 38.5 Å². The molecule has 1 fully saturated rings. The van der Waals surface area contributed by atoms with Crippen LogP contribution in [0.2, 0.25) is 0 Å². The number of rotatable bonds is 29. The van der Waals surface area contributed by atoms with E-state index in [1.54, 1.807) is 0 Å². The second kappa shape index (κ2) is 28.1. The van der Waals surface area contributed by atoms with E-state index in [0.29, 0.717) is 71.2 Å². The van der Waals surface area contributed by atoms with Crippen molar-refractivity contribution in [3.63, 3.8) is 0 Å². The maximum atomic E-state index is 14.0. The number of halogens is 4. The standard InChI is InChI=1S/C38H59F4N3O11/c1-25-33(39)35(41)36(42)38(34(25)40)56-31(51)15-9-7-5-3-2-4-6-8-13-29(49)45-19-22-53-21-16-30(50)44-18-12-17-43-28(48)14-10-11-20-54-32-23-26(47)37(52)27(24-46)55-32/h26-27,32,37,46-47,52H,2-24H2,1H3,(H,43,48)(H,44,50)(H,45,49)/t26-,27-,32-,37-/m1/s1. The van der Waals surface area contributed by atoms with Crippen LogP contribution in [-0.4, -0.2) is 110 Å². The Morgan fingerprint density at radius 2 is 1.21 bits per heavy atom. The number of aliphatic hydroxyl groups is 3. The van der Waals surface area contributed by atoms with Gasteiger partial charge in [0.05, 0.1) is 25.9 Å². The number of hydrogen-bond donors (Lipinski definition) is 6. The quantitative estimate of drug-likeness (QED) is 0.0173. The van der Waals surface area contributed by atoms with E-state index in [0.717, 1.165) is 45.4 Å². The fourth-order valence-electron chi connectivity index (χ4n) is 5.71. The number of amides is 3. The minimum atomic E-state index is -1.89. The molecule has 0 saturated carbocycles. The van der Waals surface area contributed by atoms with Gasteiger partial charge in [0.1, 0.15) is 12.2 Å². The first kappa shape index (κ1) is 48.7. The Kier molecular flexibility index (Phi) is 24.4. The summed E-state index contributed by atoms with van der Waals surface area (Å²) in [7, 11) is 0. The zero-order valence-corrected chi connectivity index (χ0v) is 32.2. The zero-order valence-electron chi connectivity index (χ0n) is 32.2. The predicted molar refractivity (Wildman–Crippen MR) is 194 cm³/mol. The molecule has 1 aromatic rings. The van der Waals surface area contributed by atoms with Crippen molar-refractivity contribution in [2.75, 3.05) is 46.1 Å². The highest BCUT2D eigenvalue weighted by molar-refractivity contribution is 5.76. The number of aliphatic hydroxyl groups excluding tert-OH is 3. The van der Waals surface area contributed by atoms with Gasteiger partial charge >= 0.3 is 5.97 Å². The van der Waals surface area contributed by atoms with Gasteiger partial charge in [0.15, 0.2) is 23.7 Å². The summed E-state index contributed by atoms with van der Waals surface area (Å²) in [5.74, 6) is -9.41. The Hall–Kier alpha value is -3.42. The smallest absolute Gasteiger partial charge is 0.311 e. The van der Waals surface area contributed by atoms with E-state index in [2.05, 4.69) is 20.7 Å². The third-order valence-corrected chi connectivity index (χ3v) is 9.05. The predicted octanol–water partition coefficient (Wildman–Crippen LogP) is 3.52. The minimum Gasteiger partial charge on any atom is -0.420 e. The highest BCUT2D eigenvalue weighted by Crippen LogP contribution is 2.30. The number of ether oxygens (including phenoxy) is 4. The van der Waals surface area contributed by atoms with Crippen molar-refractivity contribution in [1.29, 1.82) is 0 Å². The number of esters is 1. The van der Waals surface area contributed by atoms with Gasteiger partial charge in [-0.05, 0) is 39.0 Å². The summed E-state index contributed by atoms with van der Waals surface area (Å²) in [4.78, 5) is 47.9. The van der Waals surface area contributed by atoms with E-state index in [1.165, 1.54) is 0 Å². The highest BCUT2D eigenvalue weighted by atomic mass is 19.2.